The Morgan fingerprint density at radius 2 is 1.79 bits per heavy atom. The topological polar surface area (TPSA) is 46.9 Å². The van der Waals surface area contributed by atoms with E-state index in [1.165, 1.54) is 6.92 Å². The molecule has 2 aromatic rings. The van der Waals surface area contributed by atoms with Gasteiger partial charge in [-0.05, 0) is 39.0 Å². The van der Waals surface area contributed by atoms with E-state index in [2.05, 4.69) is 10.3 Å². The van der Waals surface area contributed by atoms with Crippen LogP contribution < -0.4 is 5.32 Å². The Morgan fingerprint density at radius 1 is 1.18 bits per heavy atom. The van der Waals surface area contributed by atoms with Crippen molar-refractivity contribution in [2.45, 2.75) is 57.7 Å². The lowest BCUT2D eigenvalue weighted by Crippen LogP contribution is -2.41. The molecule has 0 bridgehead atoms. The highest BCUT2D eigenvalue weighted by molar-refractivity contribution is 5.94. The van der Waals surface area contributed by atoms with Crippen molar-refractivity contribution in [1.29, 1.82) is 0 Å². The predicted molar refractivity (Wildman–Crippen MR) is 92.7 cm³/mol. The number of nitrogens with zero attached hydrogens (tertiary/aromatic N) is 2. The molecule has 1 aromatic heterocycles. The van der Waals surface area contributed by atoms with Crippen molar-refractivity contribution in [3.63, 3.8) is 0 Å². The van der Waals surface area contributed by atoms with E-state index in [-0.39, 0.29) is 24.3 Å². The lowest BCUT2D eigenvalue weighted by Gasteiger charge is -2.41. The zero-order chi connectivity index (χ0) is 20.5. The van der Waals surface area contributed by atoms with Gasteiger partial charge in [-0.2, -0.15) is 13.2 Å². The van der Waals surface area contributed by atoms with Crippen LogP contribution in [0.15, 0.2) is 12.1 Å². The minimum Gasteiger partial charge on any atom is -0.304 e. The van der Waals surface area contributed by atoms with Gasteiger partial charge in [0, 0.05) is 23.6 Å². The highest BCUT2D eigenvalue weighted by Crippen LogP contribution is 2.62. The number of carbonyl (C=O) groups is 1. The second kappa shape index (κ2) is 5.90. The van der Waals surface area contributed by atoms with Crippen LogP contribution in [-0.4, -0.2) is 21.6 Å². The molecule has 2 fully saturated rings. The van der Waals surface area contributed by atoms with Gasteiger partial charge in [0.1, 0.15) is 0 Å². The molecule has 0 saturated heterocycles. The fraction of sp³-hybridized carbons (Fsp3) is 0.579. The maximum atomic E-state index is 13.8. The molecule has 1 atom stereocenters. The molecule has 4 rings (SSSR count). The minimum atomic E-state index is -4.46. The molecule has 2 aliphatic rings. The van der Waals surface area contributed by atoms with Crippen LogP contribution in [0.1, 0.15) is 46.0 Å². The van der Waals surface area contributed by atoms with Gasteiger partial charge >= 0.3 is 6.18 Å². The van der Waals surface area contributed by atoms with E-state index < -0.39 is 40.6 Å². The highest BCUT2D eigenvalue weighted by Gasteiger charge is 2.67. The summed E-state index contributed by atoms with van der Waals surface area (Å²) in [5, 5.41) is 2.50. The third-order valence-electron chi connectivity index (χ3n) is 6.48. The van der Waals surface area contributed by atoms with Crippen LogP contribution in [0.5, 0.6) is 0 Å². The number of alkyl halides is 3. The molecular formula is C19H20F5N3O. The third-order valence-corrected chi connectivity index (χ3v) is 6.48. The van der Waals surface area contributed by atoms with Gasteiger partial charge < -0.3 is 4.57 Å². The van der Waals surface area contributed by atoms with Gasteiger partial charge in [0.25, 0.3) is 0 Å². The average Bonchev–Trinajstić information content (AvgIpc) is 3.32. The fourth-order valence-corrected chi connectivity index (χ4v) is 4.18. The molecule has 1 aromatic carbocycles. The molecule has 4 nitrogen and oxygen atoms in total. The van der Waals surface area contributed by atoms with Crippen molar-refractivity contribution in [3.05, 3.63) is 23.8 Å². The van der Waals surface area contributed by atoms with Gasteiger partial charge in [-0.3, -0.25) is 10.1 Å². The molecule has 0 radical (unpaired) electrons. The number of aromatic nitrogens is 2. The Morgan fingerprint density at radius 3 is 2.29 bits per heavy atom. The van der Waals surface area contributed by atoms with Crippen LogP contribution in [0, 0.1) is 23.0 Å². The Balaban J connectivity index is 1.73. The summed E-state index contributed by atoms with van der Waals surface area (Å²) in [6.07, 6.45) is -2.24. The monoisotopic (exact) mass is 401 g/mol. The van der Waals surface area contributed by atoms with Crippen molar-refractivity contribution < 1.29 is 26.7 Å². The third kappa shape index (κ3) is 2.69. The number of benzene rings is 1. The van der Waals surface area contributed by atoms with Crippen molar-refractivity contribution in [2.24, 2.45) is 11.3 Å². The predicted octanol–water partition coefficient (Wildman–Crippen LogP) is 5.13. The first-order chi connectivity index (χ1) is 13.0. The van der Waals surface area contributed by atoms with Crippen molar-refractivity contribution in [3.8, 4) is 0 Å². The summed E-state index contributed by atoms with van der Waals surface area (Å²) >= 11 is 0. The smallest absolute Gasteiger partial charge is 0.304 e. The maximum Gasteiger partial charge on any atom is 0.395 e. The summed E-state index contributed by atoms with van der Waals surface area (Å²) < 4.78 is 69.1. The number of hydrogen-bond acceptors (Lipinski definition) is 2. The van der Waals surface area contributed by atoms with E-state index in [9.17, 15) is 26.7 Å². The van der Waals surface area contributed by atoms with Crippen molar-refractivity contribution in [1.82, 2.24) is 9.55 Å². The molecule has 2 aliphatic carbocycles. The lowest BCUT2D eigenvalue weighted by molar-refractivity contribution is -0.201. The number of amides is 1. The first kappa shape index (κ1) is 19.1. The average molecular weight is 401 g/mol. The molecule has 1 N–H and O–H groups in total. The second-order valence-corrected chi connectivity index (χ2v) is 8.24. The number of anilines is 1. The van der Waals surface area contributed by atoms with Crippen LogP contribution in [0.3, 0.4) is 0 Å². The van der Waals surface area contributed by atoms with Crippen LogP contribution in [0.2, 0.25) is 0 Å². The lowest BCUT2D eigenvalue weighted by atomic mass is 9.78. The molecule has 1 heterocycles. The van der Waals surface area contributed by atoms with E-state index in [1.54, 1.807) is 4.57 Å². The van der Waals surface area contributed by atoms with Crippen molar-refractivity contribution in [2.75, 3.05) is 5.32 Å². The van der Waals surface area contributed by atoms with Gasteiger partial charge in [-0.1, -0.05) is 6.92 Å². The van der Waals surface area contributed by atoms with E-state index in [0.29, 0.717) is 5.52 Å². The molecule has 0 spiro atoms. The quantitative estimate of drug-likeness (QED) is 0.722. The van der Waals surface area contributed by atoms with Gasteiger partial charge in [0.15, 0.2) is 11.6 Å². The molecule has 1 unspecified atom stereocenters. The maximum absolute atomic E-state index is 13.8. The van der Waals surface area contributed by atoms with Crippen LogP contribution in [-0.2, 0) is 10.3 Å². The number of rotatable bonds is 4. The molecular weight excluding hydrogens is 381 g/mol. The van der Waals surface area contributed by atoms with E-state index in [4.69, 9.17) is 0 Å². The first-order valence-corrected chi connectivity index (χ1v) is 9.24. The zero-order valence-corrected chi connectivity index (χ0v) is 15.5. The van der Waals surface area contributed by atoms with E-state index in [0.717, 1.165) is 31.4 Å². The molecule has 0 aliphatic heterocycles. The number of fused-ring (bicyclic) bond motifs is 1. The summed E-state index contributed by atoms with van der Waals surface area (Å²) in [4.78, 5) is 16.8. The Bertz CT molecular complexity index is 957. The van der Waals surface area contributed by atoms with Crippen LogP contribution >= 0.6 is 0 Å². The SMILES string of the molecule is CC(C(=O)Nc1nc2cc(F)c(F)cc2n1C1(C)CCC1)C1(C(F)(F)F)CC1. The number of nitrogens with one attached hydrogen (secondary N) is 1. The van der Waals surface area contributed by atoms with E-state index in [1.807, 2.05) is 6.92 Å². The normalized spacial score (nSPS) is 21.2. The number of hydrogen-bond donors (Lipinski definition) is 1. The summed E-state index contributed by atoms with van der Waals surface area (Å²) in [6, 6.07) is 1.94. The summed E-state index contributed by atoms with van der Waals surface area (Å²) in [7, 11) is 0. The van der Waals surface area contributed by atoms with Crippen LogP contribution in [0.4, 0.5) is 27.9 Å². The number of imidazole rings is 1. The Kier molecular flexibility index (Phi) is 4.04. The molecule has 2 saturated carbocycles. The second-order valence-electron chi connectivity index (χ2n) is 8.24. The Labute approximate surface area is 158 Å². The molecule has 1 amide bonds. The standard InChI is InChI=1S/C19H20F5N3O/c1-10(18(6-7-18)19(22,23)24)15(28)26-16-25-13-8-11(20)12(21)9-14(13)27(16)17(2)4-3-5-17/h8-10H,3-7H2,1-2H3,(H,25,26,28). The van der Waals surface area contributed by atoms with Crippen molar-refractivity contribution >= 4 is 22.9 Å². The molecule has 28 heavy (non-hydrogen) atoms. The van der Waals surface area contributed by atoms with Gasteiger partial charge in [0.2, 0.25) is 11.9 Å². The molecule has 152 valence electrons. The number of halogens is 5. The fourth-order valence-electron chi connectivity index (χ4n) is 4.18. The summed E-state index contributed by atoms with van der Waals surface area (Å²) in [5.41, 5.74) is -2.02. The minimum absolute atomic E-state index is 0.0250. The zero-order valence-electron chi connectivity index (χ0n) is 15.5. The van der Waals surface area contributed by atoms with Gasteiger partial charge in [-0.25, -0.2) is 13.8 Å². The van der Waals surface area contributed by atoms with Crippen LogP contribution in [0.25, 0.3) is 11.0 Å². The van der Waals surface area contributed by atoms with E-state index >= 15 is 0 Å². The highest BCUT2D eigenvalue weighted by atomic mass is 19.4. The Hall–Kier alpha value is -2.19. The summed E-state index contributed by atoms with van der Waals surface area (Å²) in [5.74, 6) is -4.18. The summed E-state index contributed by atoms with van der Waals surface area (Å²) in [6.45, 7) is 3.16. The number of carbonyl (C=O) groups excluding carboxylic acids is 1. The molecule has 9 heteroatoms. The van der Waals surface area contributed by atoms with Gasteiger partial charge in [0.05, 0.1) is 16.4 Å². The largest absolute Gasteiger partial charge is 0.395 e. The first-order valence-electron chi connectivity index (χ1n) is 9.24. The van der Waals surface area contributed by atoms with Gasteiger partial charge in [-0.15, -0.1) is 0 Å².